The van der Waals surface area contributed by atoms with Crippen molar-refractivity contribution in [3.63, 3.8) is 0 Å². The van der Waals surface area contributed by atoms with Gasteiger partial charge in [-0.2, -0.15) is 10.2 Å². The van der Waals surface area contributed by atoms with E-state index in [1.54, 1.807) is 32.6 Å². The predicted octanol–water partition coefficient (Wildman–Crippen LogP) is 3.54. The number of aromatic nitrogens is 5. The van der Waals surface area contributed by atoms with Crippen LogP contribution in [0, 0.1) is 12.7 Å². The van der Waals surface area contributed by atoms with Crippen LogP contribution in [-0.2, 0) is 21.6 Å². The number of hydrogen-bond acceptors (Lipinski definition) is 9. The van der Waals surface area contributed by atoms with Gasteiger partial charge in [0.15, 0.2) is 0 Å². The van der Waals surface area contributed by atoms with Crippen LogP contribution >= 0.6 is 11.3 Å². The van der Waals surface area contributed by atoms with Gasteiger partial charge in [0.25, 0.3) is 5.56 Å². The maximum Gasteiger partial charge on any atom is 0.333 e. The van der Waals surface area contributed by atoms with Crippen molar-refractivity contribution in [3.05, 3.63) is 68.4 Å². The van der Waals surface area contributed by atoms with Crippen LogP contribution in [0.2, 0.25) is 0 Å². The molecule has 0 saturated carbocycles. The smallest absolute Gasteiger partial charge is 0.333 e. The van der Waals surface area contributed by atoms with Crippen molar-refractivity contribution in [3.8, 4) is 10.8 Å². The predicted molar refractivity (Wildman–Crippen MR) is 168 cm³/mol. The van der Waals surface area contributed by atoms with Crippen molar-refractivity contribution in [2.75, 3.05) is 26.8 Å². The second-order valence-electron chi connectivity index (χ2n) is 12.2. The van der Waals surface area contributed by atoms with E-state index in [0.717, 1.165) is 28.7 Å². The van der Waals surface area contributed by atoms with Gasteiger partial charge in [0.05, 0.1) is 43.6 Å². The van der Waals surface area contributed by atoms with E-state index in [4.69, 9.17) is 9.47 Å². The van der Waals surface area contributed by atoms with Gasteiger partial charge in [0.2, 0.25) is 5.91 Å². The first-order valence-corrected chi connectivity index (χ1v) is 15.7. The molecule has 1 saturated heterocycles. The summed E-state index contributed by atoms with van der Waals surface area (Å²) in [7, 11) is 1.44. The van der Waals surface area contributed by atoms with E-state index in [1.807, 2.05) is 6.92 Å². The van der Waals surface area contributed by atoms with E-state index in [0.29, 0.717) is 46.2 Å². The Hall–Kier alpha value is -3.88. The Morgan fingerprint density at radius 2 is 1.82 bits per heavy atom. The van der Waals surface area contributed by atoms with Gasteiger partial charge in [-0.1, -0.05) is 18.3 Å². The van der Waals surface area contributed by atoms with Crippen LogP contribution in [-0.4, -0.2) is 72.4 Å². The minimum Gasteiger partial charge on any atom is -0.496 e. The summed E-state index contributed by atoms with van der Waals surface area (Å²) in [4.78, 5) is 46.0. The van der Waals surface area contributed by atoms with Crippen molar-refractivity contribution < 1.29 is 23.8 Å². The van der Waals surface area contributed by atoms with Crippen LogP contribution in [0.15, 0.2) is 40.2 Å². The topological polar surface area (TPSA) is 134 Å². The highest BCUT2D eigenvalue weighted by molar-refractivity contribution is 7.21. The largest absolute Gasteiger partial charge is 0.496 e. The molecule has 14 heteroatoms. The van der Waals surface area contributed by atoms with Crippen LogP contribution in [0.4, 0.5) is 4.39 Å². The number of amides is 1. The minimum atomic E-state index is -1.52. The number of halogens is 1. The van der Waals surface area contributed by atoms with Crippen molar-refractivity contribution in [1.82, 2.24) is 29.0 Å². The average molecular weight is 643 g/mol. The van der Waals surface area contributed by atoms with Crippen LogP contribution in [0.25, 0.3) is 15.2 Å². The molecule has 45 heavy (non-hydrogen) atoms. The number of thiophene rings is 1. The summed E-state index contributed by atoms with van der Waals surface area (Å²) in [5, 5.41) is 20.0. The molecular weight excluding hydrogens is 603 g/mol. The summed E-state index contributed by atoms with van der Waals surface area (Å²) < 4.78 is 28.8. The second-order valence-corrected chi connectivity index (χ2v) is 13.1. The molecule has 4 heterocycles. The highest BCUT2D eigenvalue weighted by atomic mass is 32.1. The van der Waals surface area contributed by atoms with E-state index in [1.165, 1.54) is 47.1 Å². The summed E-state index contributed by atoms with van der Waals surface area (Å²) in [6, 6.07) is 3.99. The van der Waals surface area contributed by atoms with Crippen molar-refractivity contribution >= 4 is 27.5 Å². The number of hydrogen-bond donors (Lipinski definition) is 1. The first-order valence-electron chi connectivity index (χ1n) is 14.9. The number of benzene rings is 1. The monoisotopic (exact) mass is 642 g/mol. The molecule has 0 aliphatic carbocycles. The zero-order valence-corrected chi connectivity index (χ0v) is 27.2. The highest BCUT2D eigenvalue weighted by Crippen LogP contribution is 2.35. The molecule has 242 valence electrons. The maximum atomic E-state index is 14.6. The Kier molecular flexibility index (Phi) is 9.02. The lowest BCUT2D eigenvalue weighted by Crippen LogP contribution is -2.56. The fourth-order valence-corrected chi connectivity index (χ4v) is 6.87. The molecule has 1 fully saturated rings. The number of aliphatic hydroxyl groups is 1. The summed E-state index contributed by atoms with van der Waals surface area (Å²) in [6.07, 6.45) is 4.09. The molecule has 1 aromatic carbocycles. The van der Waals surface area contributed by atoms with Crippen molar-refractivity contribution in [1.29, 1.82) is 0 Å². The second kappa shape index (κ2) is 12.5. The summed E-state index contributed by atoms with van der Waals surface area (Å²) in [5.74, 6) is -0.547. The molecule has 1 aliphatic rings. The van der Waals surface area contributed by atoms with Gasteiger partial charge in [-0.05, 0) is 65.2 Å². The molecule has 1 N–H and O–H groups in total. The SMILES string of the molecule is CC[C@](C)(O)CO[C@@H](Cn1c(=O)n(C(C)(C)C(=O)N2CCCC2)c(=O)c2c(C)c(-n3nccn3)sc21)c1cc(F)ccc1OC. The molecule has 12 nitrogen and oxygen atoms in total. The Morgan fingerprint density at radius 3 is 2.44 bits per heavy atom. The van der Waals surface area contributed by atoms with Gasteiger partial charge >= 0.3 is 5.69 Å². The van der Waals surface area contributed by atoms with Crippen molar-refractivity contribution in [2.45, 2.75) is 77.7 Å². The lowest BCUT2D eigenvalue weighted by Gasteiger charge is -2.31. The number of nitrogens with zero attached hydrogens (tertiary/aromatic N) is 6. The van der Waals surface area contributed by atoms with Crippen LogP contribution < -0.4 is 16.0 Å². The lowest BCUT2D eigenvalue weighted by atomic mass is 10.0. The molecule has 4 aromatic rings. The molecule has 2 atom stereocenters. The number of aryl methyl sites for hydroxylation is 1. The number of fused-ring (bicyclic) bond motifs is 1. The lowest BCUT2D eigenvalue weighted by molar-refractivity contribution is -0.138. The molecule has 0 bridgehead atoms. The van der Waals surface area contributed by atoms with E-state index < -0.39 is 34.3 Å². The number of likely N-dealkylation sites (tertiary alicyclic amines) is 1. The molecule has 5 rings (SSSR count). The van der Waals surface area contributed by atoms with Crippen LogP contribution in [0.1, 0.15) is 64.2 Å². The zero-order chi connectivity index (χ0) is 32.7. The van der Waals surface area contributed by atoms with Gasteiger partial charge in [-0.15, -0.1) is 4.80 Å². The number of ether oxygens (including phenoxy) is 2. The van der Waals surface area contributed by atoms with E-state index in [2.05, 4.69) is 10.2 Å². The summed E-state index contributed by atoms with van der Waals surface area (Å²) in [5.41, 5.74) is -3.20. The number of carbonyl (C=O) groups excluding carboxylic acids is 1. The summed E-state index contributed by atoms with van der Waals surface area (Å²) >= 11 is 1.15. The normalized spacial score (nSPS) is 15.9. The Morgan fingerprint density at radius 1 is 1.16 bits per heavy atom. The van der Waals surface area contributed by atoms with Crippen LogP contribution in [0.5, 0.6) is 5.75 Å². The highest BCUT2D eigenvalue weighted by Gasteiger charge is 2.39. The van der Waals surface area contributed by atoms with E-state index in [9.17, 15) is 23.9 Å². The van der Waals surface area contributed by atoms with E-state index in [-0.39, 0.29) is 24.4 Å². The molecule has 1 aliphatic heterocycles. The average Bonchev–Trinajstić information content (AvgIpc) is 3.78. The molecule has 1 amide bonds. The molecule has 0 spiro atoms. The van der Waals surface area contributed by atoms with Crippen LogP contribution in [0.3, 0.4) is 0 Å². The van der Waals surface area contributed by atoms with Gasteiger partial charge in [0, 0.05) is 24.2 Å². The number of carbonyl (C=O) groups is 1. The van der Waals surface area contributed by atoms with Gasteiger partial charge < -0.3 is 19.5 Å². The zero-order valence-electron chi connectivity index (χ0n) is 26.4. The third kappa shape index (κ3) is 6.06. The third-order valence-electron chi connectivity index (χ3n) is 8.51. The fraction of sp³-hybridized carbons (Fsp3) is 0.516. The Balaban J connectivity index is 1.76. The van der Waals surface area contributed by atoms with Gasteiger partial charge in [0.1, 0.15) is 33.0 Å². The Labute approximate surface area is 263 Å². The number of rotatable bonds is 11. The Bertz CT molecular complexity index is 1820. The van der Waals surface area contributed by atoms with Crippen molar-refractivity contribution in [2.24, 2.45) is 0 Å². The first-order chi connectivity index (χ1) is 21.3. The third-order valence-corrected chi connectivity index (χ3v) is 9.79. The minimum absolute atomic E-state index is 0.129. The molecule has 0 radical (unpaired) electrons. The maximum absolute atomic E-state index is 14.6. The molecule has 0 unspecified atom stereocenters. The fourth-order valence-electron chi connectivity index (χ4n) is 5.65. The summed E-state index contributed by atoms with van der Waals surface area (Å²) in [6.45, 7) is 9.11. The van der Waals surface area contributed by atoms with E-state index >= 15 is 0 Å². The molecular formula is C31H39FN6O6S. The number of methoxy groups -OCH3 is 1. The standard InChI is InChI=1S/C31H39FN6O6S/c1-7-31(5,42)18-44-23(21-16-20(32)10-11-22(21)43-6)17-36-27-24(19(2)26(45-27)38-33-12-13-34-38)25(39)37(29(36)41)30(3,4)28(40)35-14-8-9-15-35/h10-13,16,23,42H,7-9,14-15,17-18H2,1-6H3/t23-,31-/m0/s1. The first kappa shape index (κ1) is 32.5. The molecule has 3 aromatic heterocycles. The van der Waals surface area contributed by atoms with Gasteiger partial charge in [-0.3, -0.25) is 14.2 Å². The quantitative estimate of drug-likeness (QED) is 0.263. The van der Waals surface area contributed by atoms with Gasteiger partial charge in [-0.25, -0.2) is 13.8 Å².